The molecule has 3 nitrogen and oxygen atoms in total. The normalized spacial score (nSPS) is 15.8. The molecule has 1 N–H and O–H groups in total. The lowest BCUT2D eigenvalue weighted by Crippen LogP contribution is -2.12. The molecule has 0 fully saturated rings. The van der Waals surface area contributed by atoms with Gasteiger partial charge in [0.15, 0.2) is 0 Å². The van der Waals surface area contributed by atoms with Crippen molar-refractivity contribution in [2.24, 2.45) is 0 Å². The van der Waals surface area contributed by atoms with Gasteiger partial charge in [0.05, 0.1) is 12.2 Å². The zero-order valence-corrected chi connectivity index (χ0v) is 15.3. The Morgan fingerprint density at radius 3 is 2.80 bits per heavy atom. The van der Waals surface area contributed by atoms with Crippen molar-refractivity contribution < 1.29 is 8.78 Å². The molecule has 0 amide bonds. The Morgan fingerprint density at radius 1 is 1.32 bits per heavy atom. The van der Waals surface area contributed by atoms with E-state index in [0.717, 1.165) is 29.7 Å². The zero-order chi connectivity index (χ0) is 18.0. The Labute approximate surface area is 155 Å². The number of hydrogen-bond acceptors (Lipinski definition) is 2. The topological polar surface area (TPSA) is 29.9 Å². The first-order valence-corrected chi connectivity index (χ1v) is 8.92. The molecule has 1 aliphatic carbocycles. The molecule has 1 aromatic heterocycles. The molecule has 134 valence electrons. The monoisotopic (exact) mass is 385 g/mol. The second-order valence-corrected chi connectivity index (χ2v) is 6.89. The van der Waals surface area contributed by atoms with E-state index >= 15 is 0 Å². The van der Waals surface area contributed by atoms with Gasteiger partial charge < -0.3 is 5.32 Å². The van der Waals surface area contributed by atoms with Crippen LogP contribution >= 0.6 is 23.2 Å². The van der Waals surface area contributed by atoms with Gasteiger partial charge in [-0.3, -0.25) is 4.68 Å². The average molecular weight is 386 g/mol. The summed E-state index contributed by atoms with van der Waals surface area (Å²) in [5.74, 6) is 0. The lowest BCUT2D eigenvalue weighted by Gasteiger charge is -2.19. The molecule has 0 spiro atoms. The van der Waals surface area contributed by atoms with E-state index in [1.165, 1.54) is 0 Å². The van der Waals surface area contributed by atoms with Crippen molar-refractivity contribution in [2.45, 2.75) is 32.2 Å². The van der Waals surface area contributed by atoms with Crippen LogP contribution in [0.1, 0.15) is 41.8 Å². The van der Waals surface area contributed by atoms with Gasteiger partial charge in [-0.2, -0.15) is 5.10 Å². The molecule has 0 bridgehead atoms. The largest absolute Gasteiger partial charge is 0.316 e. The molecular formula is C18H19Cl2F2N3. The summed E-state index contributed by atoms with van der Waals surface area (Å²) in [5.41, 5.74) is 3.21. The number of rotatable bonds is 5. The van der Waals surface area contributed by atoms with E-state index in [4.69, 9.17) is 23.2 Å². The molecule has 1 aromatic carbocycles. The quantitative estimate of drug-likeness (QED) is 0.774. The molecule has 0 atom stereocenters. The molecular weight excluding hydrogens is 367 g/mol. The molecule has 25 heavy (non-hydrogen) atoms. The van der Waals surface area contributed by atoms with Crippen LogP contribution in [0.5, 0.6) is 0 Å². The van der Waals surface area contributed by atoms with Gasteiger partial charge in [0.2, 0.25) is 0 Å². The molecule has 1 aliphatic rings. The summed E-state index contributed by atoms with van der Waals surface area (Å²) in [6, 6.07) is 5.20. The lowest BCUT2D eigenvalue weighted by molar-refractivity contribution is 0.144. The number of allylic oxidation sites excluding steroid dienone is 1. The molecule has 0 aliphatic heterocycles. The minimum atomic E-state index is -2.58. The summed E-state index contributed by atoms with van der Waals surface area (Å²) >= 11 is 12.2. The molecule has 3 rings (SSSR count). The SMILES string of the molecule is CNC/C=C1\CCCc2c(C(F)F)nn(Cc3ccc(Cl)cc3Cl)c21. The number of alkyl halides is 2. The van der Waals surface area contributed by atoms with Crippen molar-refractivity contribution in [1.82, 2.24) is 15.1 Å². The van der Waals surface area contributed by atoms with E-state index in [-0.39, 0.29) is 5.69 Å². The smallest absolute Gasteiger partial charge is 0.282 e. The number of benzene rings is 1. The maximum atomic E-state index is 13.5. The highest BCUT2D eigenvalue weighted by Gasteiger charge is 2.28. The number of likely N-dealkylation sites (N-methyl/N-ethyl adjacent to an activating group) is 1. The van der Waals surface area contributed by atoms with E-state index in [0.29, 0.717) is 35.1 Å². The number of fused-ring (bicyclic) bond motifs is 1. The van der Waals surface area contributed by atoms with Crippen molar-refractivity contribution in [2.75, 3.05) is 13.6 Å². The van der Waals surface area contributed by atoms with E-state index < -0.39 is 6.43 Å². The Balaban J connectivity index is 2.06. The summed E-state index contributed by atoms with van der Waals surface area (Å²) in [7, 11) is 1.86. The predicted octanol–water partition coefficient (Wildman–Crippen LogP) is 5.11. The van der Waals surface area contributed by atoms with Crippen molar-refractivity contribution >= 4 is 28.8 Å². The Morgan fingerprint density at radius 2 is 2.12 bits per heavy atom. The summed E-state index contributed by atoms with van der Waals surface area (Å²) in [6.45, 7) is 1.02. The third-order valence-corrected chi connectivity index (χ3v) is 4.94. The third kappa shape index (κ3) is 3.89. The fourth-order valence-corrected chi connectivity index (χ4v) is 3.69. The maximum Gasteiger partial charge on any atom is 0.282 e. The van der Waals surface area contributed by atoms with Crippen molar-refractivity contribution in [3.05, 3.63) is 56.8 Å². The van der Waals surface area contributed by atoms with Gasteiger partial charge >= 0.3 is 0 Å². The number of nitrogens with one attached hydrogen (secondary N) is 1. The second kappa shape index (κ2) is 7.85. The third-order valence-electron chi connectivity index (χ3n) is 4.35. The van der Waals surface area contributed by atoms with Gasteiger partial charge in [0, 0.05) is 22.2 Å². The van der Waals surface area contributed by atoms with Crippen LogP contribution in [0.4, 0.5) is 8.78 Å². The van der Waals surface area contributed by atoms with E-state index in [9.17, 15) is 8.78 Å². The lowest BCUT2D eigenvalue weighted by atomic mass is 9.90. The van der Waals surface area contributed by atoms with Gasteiger partial charge in [0.25, 0.3) is 6.43 Å². The van der Waals surface area contributed by atoms with E-state index in [2.05, 4.69) is 16.5 Å². The van der Waals surface area contributed by atoms with Gasteiger partial charge in [-0.05, 0) is 49.6 Å². The zero-order valence-electron chi connectivity index (χ0n) is 13.8. The van der Waals surface area contributed by atoms with Crippen molar-refractivity contribution in [3.63, 3.8) is 0 Å². The van der Waals surface area contributed by atoms with Gasteiger partial charge in [-0.25, -0.2) is 8.78 Å². The molecule has 0 saturated heterocycles. The predicted molar refractivity (Wildman–Crippen MR) is 97.6 cm³/mol. The van der Waals surface area contributed by atoms with Crippen LogP contribution in [-0.2, 0) is 13.0 Å². The van der Waals surface area contributed by atoms with Crippen LogP contribution in [0.15, 0.2) is 24.3 Å². The summed E-state index contributed by atoms with van der Waals surface area (Å²) in [6.07, 6.45) is 1.81. The van der Waals surface area contributed by atoms with Gasteiger partial charge in [0.1, 0.15) is 5.69 Å². The number of aromatic nitrogens is 2. The molecule has 0 radical (unpaired) electrons. The Hall–Kier alpha value is -1.43. The van der Waals surface area contributed by atoms with Crippen LogP contribution in [0.2, 0.25) is 10.0 Å². The first-order valence-electron chi connectivity index (χ1n) is 8.17. The highest BCUT2D eigenvalue weighted by Crippen LogP contribution is 2.37. The van der Waals surface area contributed by atoms with Crippen LogP contribution in [0.3, 0.4) is 0 Å². The van der Waals surface area contributed by atoms with Crippen LogP contribution in [0, 0.1) is 0 Å². The highest BCUT2D eigenvalue weighted by atomic mass is 35.5. The minimum Gasteiger partial charge on any atom is -0.316 e. The fraction of sp³-hybridized carbons (Fsp3) is 0.389. The summed E-state index contributed by atoms with van der Waals surface area (Å²) in [4.78, 5) is 0. The molecule has 1 heterocycles. The first kappa shape index (κ1) is 18.4. The first-order chi connectivity index (χ1) is 12.0. The van der Waals surface area contributed by atoms with Gasteiger partial charge in [-0.1, -0.05) is 35.3 Å². The molecule has 0 unspecified atom stereocenters. The fourth-order valence-electron chi connectivity index (χ4n) is 3.22. The van der Waals surface area contributed by atoms with E-state index in [1.54, 1.807) is 22.9 Å². The summed E-state index contributed by atoms with van der Waals surface area (Å²) < 4.78 is 28.6. The molecule has 0 saturated carbocycles. The minimum absolute atomic E-state index is 0.116. The molecule has 2 aromatic rings. The van der Waals surface area contributed by atoms with E-state index in [1.807, 2.05) is 7.05 Å². The summed E-state index contributed by atoms with van der Waals surface area (Å²) in [5, 5.41) is 8.34. The molecule has 7 heteroatoms. The van der Waals surface area contributed by atoms with Crippen molar-refractivity contribution in [3.8, 4) is 0 Å². The van der Waals surface area contributed by atoms with Crippen LogP contribution < -0.4 is 5.32 Å². The number of nitrogens with zero attached hydrogens (tertiary/aromatic N) is 2. The number of hydrogen-bond donors (Lipinski definition) is 1. The number of halogens is 4. The Bertz CT molecular complexity index is 800. The van der Waals surface area contributed by atoms with Crippen LogP contribution in [-0.4, -0.2) is 23.4 Å². The standard InChI is InChI=1S/C18H19Cl2F2N3/c1-23-8-7-11-3-2-4-14-16(18(21)22)24-25(17(11)14)10-12-5-6-13(19)9-15(12)20/h5-7,9,18,23H,2-4,8,10H2,1H3/b11-7+. The second-order valence-electron chi connectivity index (χ2n) is 6.05. The highest BCUT2D eigenvalue weighted by molar-refractivity contribution is 6.35. The average Bonchev–Trinajstić information content (AvgIpc) is 2.95. The van der Waals surface area contributed by atoms with Crippen molar-refractivity contribution in [1.29, 1.82) is 0 Å². The Kier molecular flexibility index (Phi) is 5.77. The maximum absolute atomic E-state index is 13.5. The van der Waals surface area contributed by atoms with Crippen LogP contribution in [0.25, 0.3) is 5.57 Å². The van der Waals surface area contributed by atoms with Gasteiger partial charge in [-0.15, -0.1) is 0 Å².